The average molecular weight is 388 g/mol. The third-order valence-corrected chi connectivity index (χ3v) is 5.80. The summed E-state index contributed by atoms with van der Waals surface area (Å²) in [4.78, 5) is 12.0. The summed E-state index contributed by atoms with van der Waals surface area (Å²) in [6, 6.07) is 5.71. The number of benzene rings is 1. The van der Waals surface area contributed by atoms with Gasteiger partial charge < -0.3 is 4.74 Å². The van der Waals surface area contributed by atoms with Gasteiger partial charge in [-0.2, -0.15) is 4.31 Å². The van der Waals surface area contributed by atoms with Crippen LogP contribution >= 0.6 is 15.9 Å². The molecule has 1 fully saturated rings. The van der Waals surface area contributed by atoms with Crippen LogP contribution < -0.4 is 0 Å². The maximum atomic E-state index is 12.7. The molecule has 1 unspecified atom stereocenters. The molecule has 22 heavy (non-hydrogen) atoms. The van der Waals surface area contributed by atoms with Gasteiger partial charge in [0.05, 0.1) is 4.90 Å². The van der Waals surface area contributed by atoms with E-state index in [-0.39, 0.29) is 17.4 Å². The number of hydrogen-bond donors (Lipinski definition) is 0. The molecule has 1 aromatic carbocycles. The summed E-state index contributed by atoms with van der Waals surface area (Å²) in [5, 5.41) is 0. The largest absolute Gasteiger partial charge is 0.446 e. The van der Waals surface area contributed by atoms with Crippen molar-refractivity contribution in [3.05, 3.63) is 40.4 Å². The van der Waals surface area contributed by atoms with Crippen LogP contribution in [-0.2, 0) is 14.8 Å². The van der Waals surface area contributed by atoms with Crippen LogP contribution in [0.2, 0.25) is 0 Å². The zero-order valence-corrected chi connectivity index (χ0v) is 15.0. The van der Waals surface area contributed by atoms with E-state index in [1.54, 1.807) is 12.1 Å². The minimum atomic E-state index is -3.95. The van der Waals surface area contributed by atoms with Crippen LogP contribution in [-0.4, -0.2) is 31.5 Å². The number of ether oxygens (including phenoxy) is 1. The van der Waals surface area contributed by atoms with Gasteiger partial charge in [0.25, 0.3) is 10.0 Å². The molecule has 0 spiro atoms. The fourth-order valence-corrected chi connectivity index (χ4v) is 4.59. The first-order valence-corrected chi connectivity index (χ1v) is 9.12. The van der Waals surface area contributed by atoms with Gasteiger partial charge in [0.1, 0.15) is 12.6 Å². The van der Waals surface area contributed by atoms with Gasteiger partial charge in [0, 0.05) is 4.48 Å². The number of sulfonamides is 1. The highest BCUT2D eigenvalue weighted by atomic mass is 79.9. The molecule has 1 amide bonds. The van der Waals surface area contributed by atoms with Crippen LogP contribution in [0.5, 0.6) is 0 Å². The molecule has 2 rings (SSSR count). The van der Waals surface area contributed by atoms with Crippen molar-refractivity contribution in [1.82, 2.24) is 4.31 Å². The van der Waals surface area contributed by atoms with Gasteiger partial charge in [-0.15, -0.1) is 0 Å². The van der Waals surface area contributed by atoms with Crippen molar-refractivity contribution in [3.8, 4) is 0 Å². The van der Waals surface area contributed by atoms with Crippen molar-refractivity contribution in [2.45, 2.75) is 31.7 Å². The summed E-state index contributed by atoms with van der Waals surface area (Å²) < 4.78 is 31.9. The molecule has 1 aliphatic rings. The van der Waals surface area contributed by atoms with Gasteiger partial charge in [-0.25, -0.2) is 13.2 Å². The monoisotopic (exact) mass is 387 g/mol. The van der Waals surface area contributed by atoms with Gasteiger partial charge in [-0.3, -0.25) is 0 Å². The highest BCUT2D eigenvalue weighted by Crippen LogP contribution is 2.30. The Balaban J connectivity index is 2.42. The molecule has 5 nitrogen and oxygen atoms in total. The molecule has 120 valence electrons. The molecule has 0 saturated carbocycles. The highest BCUT2D eigenvalue weighted by Gasteiger charge is 2.43. The quantitative estimate of drug-likeness (QED) is 0.793. The van der Waals surface area contributed by atoms with E-state index >= 15 is 0 Å². The number of carbonyl (C=O) groups is 1. The lowest BCUT2D eigenvalue weighted by atomic mass is 10.1. The molecular weight excluding hydrogens is 370 g/mol. The normalized spacial score (nSPS) is 19.7. The van der Waals surface area contributed by atoms with E-state index < -0.39 is 22.2 Å². The summed E-state index contributed by atoms with van der Waals surface area (Å²) in [5.74, 6) is 0.217. The summed E-state index contributed by atoms with van der Waals surface area (Å²) in [7, 11) is -3.95. The maximum absolute atomic E-state index is 12.7. The lowest BCUT2D eigenvalue weighted by Crippen LogP contribution is -2.39. The average Bonchev–Trinajstić information content (AvgIpc) is 2.81. The van der Waals surface area contributed by atoms with Gasteiger partial charge in [0.15, 0.2) is 0 Å². The minimum Gasteiger partial charge on any atom is -0.446 e. The lowest BCUT2D eigenvalue weighted by molar-refractivity contribution is 0.170. The Morgan fingerprint density at radius 2 is 1.95 bits per heavy atom. The number of amides is 1. The summed E-state index contributed by atoms with van der Waals surface area (Å²) in [6.07, 6.45) is 1.02. The second-order valence-corrected chi connectivity index (χ2v) is 8.23. The number of rotatable bonds is 4. The van der Waals surface area contributed by atoms with Crippen molar-refractivity contribution in [2.75, 3.05) is 6.61 Å². The number of aryl methyl sites for hydroxylation is 1. The number of allylic oxidation sites excluding steroid dienone is 1. The topological polar surface area (TPSA) is 63.7 Å². The summed E-state index contributed by atoms with van der Waals surface area (Å²) in [5.41, 5.74) is 0.945. The maximum Gasteiger partial charge on any atom is 0.424 e. The van der Waals surface area contributed by atoms with E-state index in [0.29, 0.717) is 4.48 Å². The zero-order valence-electron chi connectivity index (χ0n) is 12.6. The molecule has 7 heteroatoms. The van der Waals surface area contributed by atoms with E-state index in [1.807, 2.05) is 26.8 Å². The van der Waals surface area contributed by atoms with Crippen LogP contribution in [0.3, 0.4) is 0 Å². The van der Waals surface area contributed by atoms with Crippen molar-refractivity contribution in [1.29, 1.82) is 0 Å². The molecule has 1 aromatic rings. The van der Waals surface area contributed by atoms with E-state index in [0.717, 1.165) is 9.87 Å². The minimum absolute atomic E-state index is 0.00767. The molecule has 0 N–H and O–H groups in total. The Kier molecular flexibility index (Phi) is 4.97. The number of carbonyl (C=O) groups excluding carboxylic acids is 1. The van der Waals surface area contributed by atoms with Crippen molar-refractivity contribution in [3.63, 3.8) is 0 Å². The number of nitrogens with zero attached hydrogens (tertiary/aromatic N) is 1. The van der Waals surface area contributed by atoms with E-state index in [1.165, 1.54) is 12.1 Å². The lowest BCUT2D eigenvalue weighted by Gasteiger charge is -2.21. The van der Waals surface area contributed by atoms with Crippen LogP contribution in [0.4, 0.5) is 4.79 Å². The number of hydrogen-bond acceptors (Lipinski definition) is 4. The van der Waals surface area contributed by atoms with Crippen molar-refractivity contribution < 1.29 is 17.9 Å². The molecule has 1 aliphatic heterocycles. The Bertz CT molecular complexity index is 695. The first kappa shape index (κ1) is 17.0. The van der Waals surface area contributed by atoms with Gasteiger partial charge >= 0.3 is 6.09 Å². The van der Waals surface area contributed by atoms with Crippen LogP contribution in [0.1, 0.15) is 19.4 Å². The molecule has 0 bridgehead atoms. The van der Waals surface area contributed by atoms with Gasteiger partial charge in [-0.05, 0) is 25.0 Å². The third-order valence-electron chi connectivity index (χ3n) is 3.22. The van der Waals surface area contributed by atoms with Crippen LogP contribution in [0, 0.1) is 12.8 Å². The molecule has 1 saturated heterocycles. The second kappa shape index (κ2) is 6.42. The van der Waals surface area contributed by atoms with E-state index in [2.05, 4.69) is 15.9 Å². The fraction of sp³-hybridized carbons (Fsp3) is 0.400. The Hall–Kier alpha value is -1.34. The Labute approximate surface area is 139 Å². The zero-order chi connectivity index (χ0) is 16.5. The fourth-order valence-electron chi connectivity index (χ4n) is 2.12. The van der Waals surface area contributed by atoms with Crippen molar-refractivity contribution in [2.24, 2.45) is 5.92 Å². The highest BCUT2D eigenvalue weighted by molar-refractivity contribution is 9.11. The van der Waals surface area contributed by atoms with Crippen LogP contribution in [0.15, 0.2) is 39.7 Å². The standard InChI is InChI=1S/C15H18BrNO4S/c1-10(2)8-13(16)14-9-21-15(18)17(14)22(19,20)12-6-4-11(3)5-7-12/h4-8,10,14H,9H2,1-3H3/b13-8+. The summed E-state index contributed by atoms with van der Waals surface area (Å²) >= 11 is 3.37. The second-order valence-electron chi connectivity index (χ2n) is 5.50. The molecular formula is C15H18BrNO4S. The van der Waals surface area contributed by atoms with Gasteiger partial charge in [-0.1, -0.05) is 53.5 Å². The Morgan fingerprint density at radius 1 is 1.36 bits per heavy atom. The Morgan fingerprint density at radius 3 is 2.50 bits per heavy atom. The SMILES string of the molecule is Cc1ccc(S(=O)(=O)N2C(=O)OCC2/C(Br)=C\C(C)C)cc1. The third kappa shape index (κ3) is 3.35. The molecule has 0 aromatic heterocycles. The predicted molar refractivity (Wildman–Crippen MR) is 87.2 cm³/mol. The first-order valence-electron chi connectivity index (χ1n) is 6.88. The van der Waals surface area contributed by atoms with E-state index in [9.17, 15) is 13.2 Å². The summed E-state index contributed by atoms with van der Waals surface area (Å²) in [6.45, 7) is 5.81. The van der Waals surface area contributed by atoms with Crippen molar-refractivity contribution >= 4 is 32.0 Å². The smallest absolute Gasteiger partial charge is 0.424 e. The molecule has 1 atom stereocenters. The van der Waals surface area contributed by atoms with Gasteiger partial charge in [0.2, 0.25) is 0 Å². The number of halogens is 1. The first-order chi connectivity index (χ1) is 10.2. The predicted octanol–water partition coefficient (Wildman–Crippen LogP) is 3.44. The molecule has 0 aliphatic carbocycles. The van der Waals surface area contributed by atoms with Crippen LogP contribution in [0.25, 0.3) is 0 Å². The molecule has 1 heterocycles. The number of cyclic esters (lactones) is 1. The molecule has 0 radical (unpaired) electrons. The van der Waals surface area contributed by atoms with E-state index in [4.69, 9.17) is 4.74 Å².